The van der Waals surface area contributed by atoms with Gasteiger partial charge in [0.05, 0.1) is 29.7 Å². The van der Waals surface area contributed by atoms with E-state index in [-0.39, 0.29) is 11.6 Å². The molecule has 1 atom stereocenters. The van der Waals surface area contributed by atoms with E-state index in [0.717, 1.165) is 42.9 Å². The first-order valence-electron chi connectivity index (χ1n) is 12.3. The summed E-state index contributed by atoms with van der Waals surface area (Å²) < 4.78 is 0. The van der Waals surface area contributed by atoms with Gasteiger partial charge in [0.15, 0.2) is 0 Å². The molecule has 196 valence electrons. The third-order valence-corrected chi connectivity index (χ3v) is 7.23. The number of pyridine rings is 1. The van der Waals surface area contributed by atoms with Crippen LogP contribution in [0.4, 0.5) is 0 Å². The molecule has 0 saturated heterocycles. The number of aryl methyl sites for hydroxylation is 3. The quantitative estimate of drug-likeness (QED) is 0.356. The van der Waals surface area contributed by atoms with E-state index in [1.807, 2.05) is 42.0 Å². The van der Waals surface area contributed by atoms with E-state index in [9.17, 15) is 9.59 Å². The molecule has 0 aliphatic heterocycles. The van der Waals surface area contributed by atoms with Crippen LogP contribution in [0.1, 0.15) is 72.8 Å². The highest BCUT2D eigenvalue weighted by Crippen LogP contribution is 2.35. The third-order valence-electron chi connectivity index (χ3n) is 6.47. The largest absolute Gasteiger partial charge is 0.478 e. The number of thiazole rings is 1. The Morgan fingerprint density at radius 2 is 1.84 bits per heavy atom. The first-order chi connectivity index (χ1) is 18.3. The fraction of sp³-hybridized carbons (Fsp3) is 0.286. The lowest BCUT2D eigenvalue weighted by Crippen LogP contribution is -2.31. The second kappa shape index (κ2) is 12.5. The molecule has 3 heterocycles. The van der Waals surface area contributed by atoms with Crippen LogP contribution in [0.15, 0.2) is 60.5 Å². The van der Waals surface area contributed by atoms with E-state index < -0.39 is 11.9 Å². The Bertz CT molecular complexity index is 1390. The Labute approximate surface area is 225 Å². The highest BCUT2D eigenvalue weighted by atomic mass is 32.1. The van der Waals surface area contributed by atoms with Crippen molar-refractivity contribution in [2.24, 2.45) is 5.73 Å². The molecule has 1 aliphatic rings. The first-order valence-corrected chi connectivity index (χ1v) is 13.2. The Morgan fingerprint density at radius 3 is 2.50 bits per heavy atom. The van der Waals surface area contributed by atoms with Gasteiger partial charge in [-0.2, -0.15) is 0 Å². The zero-order valence-electron chi connectivity index (χ0n) is 21.4. The Hall–Kier alpha value is -4.02. The zero-order chi connectivity index (χ0) is 27.1. The molecular formula is C28H30N6O3S. The van der Waals surface area contributed by atoms with Crippen LogP contribution >= 0.6 is 11.3 Å². The molecule has 0 spiro atoms. The summed E-state index contributed by atoms with van der Waals surface area (Å²) in [6.07, 6.45) is 8.40. The van der Waals surface area contributed by atoms with Crippen molar-refractivity contribution in [3.63, 3.8) is 0 Å². The summed E-state index contributed by atoms with van der Waals surface area (Å²) >= 11 is 1.67. The first kappa shape index (κ1) is 27.0. The number of carboxylic acids is 1. The van der Waals surface area contributed by atoms with Crippen molar-refractivity contribution in [1.29, 1.82) is 0 Å². The van der Waals surface area contributed by atoms with Crippen LogP contribution in [0.25, 0.3) is 0 Å². The molecule has 0 radical (unpaired) electrons. The number of aromatic nitrogens is 4. The van der Waals surface area contributed by atoms with Crippen LogP contribution in [-0.2, 0) is 19.5 Å². The summed E-state index contributed by atoms with van der Waals surface area (Å²) in [5, 5.41) is 11.8. The lowest BCUT2D eigenvalue weighted by Gasteiger charge is -2.34. The summed E-state index contributed by atoms with van der Waals surface area (Å²) in [4.78, 5) is 41.3. The number of carboxylic acid groups (broad SMARTS) is 1. The molecule has 1 amide bonds. The number of aromatic carboxylic acids is 1. The standard InChI is InChI=1S/C21H22N4OS.C7H8N2O2/c22-21(26)17-6-1-4-15(12-17)13-25(14-19-23-10-11-27-19)18-8-2-5-16-7-3-9-24-20(16)18;1-4-6(7(10)11)5(2)9-3-8-4/h1,3-4,6-7,9-12,18H,2,5,8,13-14H2,(H2,22,26);3H,1-2H3,(H,10,11). The number of hydrogen-bond donors (Lipinski definition) is 2. The van der Waals surface area contributed by atoms with Gasteiger partial charge in [0, 0.05) is 29.9 Å². The Kier molecular flexibility index (Phi) is 8.88. The average molecular weight is 531 g/mol. The molecule has 1 aromatic carbocycles. The molecule has 1 aliphatic carbocycles. The van der Waals surface area contributed by atoms with Gasteiger partial charge < -0.3 is 10.8 Å². The second-order valence-electron chi connectivity index (χ2n) is 9.08. The molecule has 0 saturated carbocycles. The van der Waals surface area contributed by atoms with Crippen LogP contribution < -0.4 is 5.73 Å². The minimum Gasteiger partial charge on any atom is -0.478 e. The minimum absolute atomic E-state index is 0.201. The van der Waals surface area contributed by atoms with Crippen molar-refractivity contribution in [3.05, 3.63) is 105 Å². The van der Waals surface area contributed by atoms with E-state index in [2.05, 4.69) is 25.9 Å². The van der Waals surface area contributed by atoms with Gasteiger partial charge in [-0.15, -0.1) is 11.3 Å². The highest BCUT2D eigenvalue weighted by Gasteiger charge is 2.28. The third kappa shape index (κ3) is 6.64. The molecule has 3 N–H and O–H groups in total. The minimum atomic E-state index is -0.972. The maximum Gasteiger partial charge on any atom is 0.339 e. The smallest absolute Gasteiger partial charge is 0.339 e. The molecule has 9 nitrogen and oxygen atoms in total. The maximum atomic E-state index is 11.6. The normalized spacial score (nSPS) is 14.3. The van der Waals surface area contributed by atoms with Crippen LogP contribution in [0, 0.1) is 13.8 Å². The summed E-state index contributed by atoms with van der Waals surface area (Å²) in [7, 11) is 0. The number of hydrogen-bond acceptors (Lipinski definition) is 8. The van der Waals surface area contributed by atoms with Crippen molar-refractivity contribution >= 4 is 23.2 Å². The number of amides is 1. The molecule has 1 unspecified atom stereocenters. The van der Waals surface area contributed by atoms with E-state index in [1.54, 1.807) is 31.3 Å². The summed E-state index contributed by atoms with van der Waals surface area (Å²) in [6.45, 7) is 4.79. The number of carbonyl (C=O) groups excluding carboxylic acids is 1. The maximum absolute atomic E-state index is 11.6. The number of benzene rings is 1. The number of nitrogens with two attached hydrogens (primary N) is 1. The van der Waals surface area contributed by atoms with Crippen LogP contribution in [0.5, 0.6) is 0 Å². The number of fused-ring (bicyclic) bond motifs is 1. The van der Waals surface area contributed by atoms with Gasteiger partial charge in [-0.3, -0.25) is 14.7 Å². The van der Waals surface area contributed by atoms with Gasteiger partial charge in [-0.05, 0) is 62.4 Å². The molecule has 0 fully saturated rings. The second-order valence-corrected chi connectivity index (χ2v) is 10.1. The molecule has 38 heavy (non-hydrogen) atoms. The van der Waals surface area contributed by atoms with Gasteiger partial charge in [0.1, 0.15) is 16.9 Å². The SMILES string of the molecule is Cc1ncnc(C)c1C(=O)O.NC(=O)c1cccc(CN(Cc2nccs2)C2CCCc3cccnc32)c1. The fourth-order valence-electron chi connectivity index (χ4n) is 4.68. The summed E-state index contributed by atoms with van der Waals surface area (Å²) in [6, 6.07) is 12.0. The van der Waals surface area contributed by atoms with Crippen molar-refractivity contribution in [2.75, 3.05) is 0 Å². The molecular weight excluding hydrogens is 500 g/mol. The predicted molar refractivity (Wildman–Crippen MR) is 145 cm³/mol. The monoisotopic (exact) mass is 530 g/mol. The topological polar surface area (TPSA) is 135 Å². The predicted octanol–water partition coefficient (Wildman–Crippen LogP) is 4.51. The molecule has 5 rings (SSSR count). The number of rotatable bonds is 7. The summed E-state index contributed by atoms with van der Waals surface area (Å²) in [5.41, 5.74) is 10.8. The zero-order valence-corrected chi connectivity index (χ0v) is 22.2. The van der Waals surface area contributed by atoms with Gasteiger partial charge in [0.2, 0.25) is 5.91 Å². The van der Waals surface area contributed by atoms with Crippen LogP contribution in [-0.4, -0.2) is 41.8 Å². The van der Waals surface area contributed by atoms with Gasteiger partial charge >= 0.3 is 5.97 Å². The molecule has 4 aromatic rings. The van der Waals surface area contributed by atoms with Crippen molar-refractivity contribution < 1.29 is 14.7 Å². The number of carbonyl (C=O) groups is 2. The Balaban J connectivity index is 0.000000257. The fourth-order valence-corrected chi connectivity index (χ4v) is 5.32. The Morgan fingerprint density at radius 1 is 1.05 bits per heavy atom. The van der Waals surface area contributed by atoms with Crippen molar-refractivity contribution in [3.8, 4) is 0 Å². The average Bonchev–Trinajstić information content (AvgIpc) is 3.41. The van der Waals surface area contributed by atoms with Crippen molar-refractivity contribution in [2.45, 2.75) is 52.2 Å². The molecule has 0 bridgehead atoms. The lowest BCUT2D eigenvalue weighted by atomic mass is 9.90. The van der Waals surface area contributed by atoms with Gasteiger partial charge in [-0.25, -0.2) is 19.7 Å². The van der Waals surface area contributed by atoms with E-state index in [1.165, 1.54) is 17.6 Å². The van der Waals surface area contributed by atoms with E-state index >= 15 is 0 Å². The molecule has 3 aromatic heterocycles. The van der Waals surface area contributed by atoms with Gasteiger partial charge in [-0.1, -0.05) is 18.2 Å². The van der Waals surface area contributed by atoms with E-state index in [4.69, 9.17) is 15.8 Å². The lowest BCUT2D eigenvalue weighted by molar-refractivity contribution is 0.0694. The van der Waals surface area contributed by atoms with Gasteiger partial charge in [0.25, 0.3) is 0 Å². The number of nitrogens with zero attached hydrogens (tertiary/aromatic N) is 5. The molecule has 10 heteroatoms. The highest BCUT2D eigenvalue weighted by molar-refractivity contribution is 7.09. The number of primary amides is 1. The van der Waals surface area contributed by atoms with Crippen molar-refractivity contribution in [1.82, 2.24) is 24.8 Å². The van der Waals surface area contributed by atoms with Crippen LogP contribution in [0.3, 0.4) is 0 Å². The van der Waals surface area contributed by atoms with Crippen LogP contribution in [0.2, 0.25) is 0 Å². The van der Waals surface area contributed by atoms with E-state index in [0.29, 0.717) is 17.0 Å². The summed E-state index contributed by atoms with van der Waals surface area (Å²) in [5.74, 6) is -1.37.